The number of nitrogens with one attached hydrogen (secondary N) is 1. The summed E-state index contributed by atoms with van der Waals surface area (Å²) in [4.78, 5) is 11.4. The Morgan fingerprint density at radius 3 is 2.62 bits per heavy atom. The Kier molecular flexibility index (Phi) is 6.27. The highest BCUT2D eigenvalue weighted by molar-refractivity contribution is 5.58. The molecule has 21 heavy (non-hydrogen) atoms. The van der Waals surface area contributed by atoms with Crippen molar-refractivity contribution in [2.24, 2.45) is 5.92 Å². The molecule has 1 aliphatic carbocycles. The van der Waals surface area contributed by atoms with Crippen LogP contribution >= 0.6 is 0 Å². The van der Waals surface area contributed by atoms with Gasteiger partial charge in [-0.05, 0) is 32.1 Å². The fraction of sp³-hybridized carbons (Fsp3) is 0.765. The van der Waals surface area contributed by atoms with Crippen molar-refractivity contribution < 1.29 is 0 Å². The summed E-state index contributed by atoms with van der Waals surface area (Å²) in [5, 5.41) is 3.38. The molecule has 0 spiro atoms. The lowest BCUT2D eigenvalue weighted by Gasteiger charge is -2.29. The molecule has 1 fully saturated rings. The third-order valence-electron chi connectivity index (χ3n) is 4.39. The van der Waals surface area contributed by atoms with Crippen LogP contribution in [0.3, 0.4) is 0 Å². The molecule has 0 amide bonds. The zero-order valence-corrected chi connectivity index (χ0v) is 13.9. The minimum atomic E-state index is 0.829. The van der Waals surface area contributed by atoms with Crippen molar-refractivity contribution in [2.45, 2.75) is 58.8 Å². The Balaban J connectivity index is 2.13. The van der Waals surface area contributed by atoms with Crippen LogP contribution in [-0.2, 0) is 6.42 Å². The normalized spacial score (nSPS) is 16.0. The molecule has 4 heteroatoms. The maximum atomic E-state index is 4.58. The van der Waals surface area contributed by atoms with Gasteiger partial charge in [0.1, 0.15) is 18.0 Å². The predicted molar refractivity (Wildman–Crippen MR) is 90.0 cm³/mol. The van der Waals surface area contributed by atoms with Crippen LogP contribution in [-0.4, -0.2) is 30.1 Å². The molecule has 1 saturated carbocycles. The van der Waals surface area contributed by atoms with E-state index in [1.165, 1.54) is 37.7 Å². The molecule has 1 aromatic heterocycles. The summed E-state index contributed by atoms with van der Waals surface area (Å²) >= 11 is 0. The topological polar surface area (TPSA) is 41.1 Å². The lowest BCUT2D eigenvalue weighted by atomic mass is 9.89. The van der Waals surface area contributed by atoms with Crippen molar-refractivity contribution in [1.82, 2.24) is 9.97 Å². The average Bonchev–Trinajstić information content (AvgIpc) is 2.50. The van der Waals surface area contributed by atoms with Crippen molar-refractivity contribution in [1.29, 1.82) is 0 Å². The molecular formula is C17H30N4. The summed E-state index contributed by atoms with van der Waals surface area (Å²) in [5.41, 5.74) is 1.28. The van der Waals surface area contributed by atoms with Crippen molar-refractivity contribution in [3.63, 3.8) is 0 Å². The predicted octanol–water partition coefficient (Wildman–Crippen LogP) is 3.88. The molecule has 0 aromatic carbocycles. The van der Waals surface area contributed by atoms with Crippen LogP contribution in [0.15, 0.2) is 6.33 Å². The van der Waals surface area contributed by atoms with Crippen molar-refractivity contribution >= 4 is 11.6 Å². The second-order valence-electron chi connectivity index (χ2n) is 6.19. The van der Waals surface area contributed by atoms with Crippen molar-refractivity contribution in [3.05, 3.63) is 11.9 Å². The van der Waals surface area contributed by atoms with E-state index in [1.54, 1.807) is 6.33 Å². The quantitative estimate of drug-likeness (QED) is 0.827. The highest BCUT2D eigenvalue weighted by Gasteiger charge is 2.19. The Labute approximate surface area is 129 Å². The summed E-state index contributed by atoms with van der Waals surface area (Å²) < 4.78 is 0. The standard InChI is InChI=1S/C17H30N4/c1-4-9-15-16(18-5-2)19-13-20-17(15)21(3)12-14-10-7-6-8-11-14/h13-14H,4-12H2,1-3H3,(H,18,19,20). The molecule has 1 aliphatic rings. The van der Waals surface area contributed by atoms with Gasteiger partial charge in [0, 0.05) is 25.7 Å². The summed E-state index contributed by atoms with van der Waals surface area (Å²) in [6, 6.07) is 0. The van der Waals surface area contributed by atoms with Crippen LogP contribution in [0.5, 0.6) is 0 Å². The second kappa shape index (κ2) is 8.20. The summed E-state index contributed by atoms with van der Waals surface area (Å²) in [7, 11) is 2.19. The third-order valence-corrected chi connectivity index (χ3v) is 4.39. The van der Waals surface area contributed by atoms with Crippen LogP contribution in [0, 0.1) is 5.92 Å². The molecular weight excluding hydrogens is 260 g/mol. The van der Waals surface area contributed by atoms with Gasteiger partial charge in [-0.25, -0.2) is 9.97 Å². The lowest BCUT2D eigenvalue weighted by molar-refractivity contribution is 0.361. The first-order valence-corrected chi connectivity index (χ1v) is 8.55. The summed E-state index contributed by atoms with van der Waals surface area (Å²) in [6.07, 6.45) is 10.8. The number of nitrogens with zero attached hydrogens (tertiary/aromatic N) is 3. The third kappa shape index (κ3) is 4.32. The fourth-order valence-electron chi connectivity index (χ4n) is 3.38. The minimum absolute atomic E-state index is 0.829. The fourth-order valence-corrected chi connectivity index (χ4v) is 3.38. The van der Waals surface area contributed by atoms with E-state index in [9.17, 15) is 0 Å². The number of hydrogen-bond acceptors (Lipinski definition) is 4. The maximum Gasteiger partial charge on any atom is 0.137 e. The van der Waals surface area contributed by atoms with Gasteiger partial charge in [-0.3, -0.25) is 0 Å². The van der Waals surface area contributed by atoms with Gasteiger partial charge in [-0.2, -0.15) is 0 Å². The average molecular weight is 290 g/mol. The molecule has 2 rings (SSSR count). The highest BCUT2D eigenvalue weighted by atomic mass is 15.2. The van der Waals surface area contributed by atoms with Crippen LogP contribution in [0.25, 0.3) is 0 Å². The largest absolute Gasteiger partial charge is 0.370 e. The van der Waals surface area contributed by atoms with E-state index in [0.717, 1.165) is 43.5 Å². The van der Waals surface area contributed by atoms with Crippen LogP contribution in [0.1, 0.15) is 57.9 Å². The minimum Gasteiger partial charge on any atom is -0.370 e. The van der Waals surface area contributed by atoms with Gasteiger partial charge in [-0.15, -0.1) is 0 Å². The molecule has 0 unspecified atom stereocenters. The summed E-state index contributed by atoms with van der Waals surface area (Å²) in [6.45, 7) is 6.36. The van der Waals surface area contributed by atoms with E-state index in [0.29, 0.717) is 0 Å². The molecule has 0 saturated heterocycles. The van der Waals surface area contributed by atoms with Crippen molar-refractivity contribution in [2.75, 3.05) is 30.4 Å². The molecule has 1 aromatic rings. The SMILES string of the molecule is CCCc1c(NCC)ncnc1N(C)CC1CCCCC1. The van der Waals surface area contributed by atoms with Gasteiger partial charge in [-0.1, -0.05) is 32.6 Å². The molecule has 118 valence electrons. The Morgan fingerprint density at radius 2 is 1.95 bits per heavy atom. The van der Waals surface area contributed by atoms with E-state index in [4.69, 9.17) is 0 Å². The first-order chi connectivity index (χ1) is 10.3. The van der Waals surface area contributed by atoms with E-state index >= 15 is 0 Å². The molecule has 0 aliphatic heterocycles. The first kappa shape index (κ1) is 16.1. The van der Waals surface area contributed by atoms with Gasteiger partial charge in [0.05, 0.1) is 0 Å². The monoisotopic (exact) mass is 290 g/mol. The zero-order valence-electron chi connectivity index (χ0n) is 13.9. The van der Waals surface area contributed by atoms with E-state index in [-0.39, 0.29) is 0 Å². The van der Waals surface area contributed by atoms with Gasteiger partial charge in [0.25, 0.3) is 0 Å². The highest BCUT2D eigenvalue weighted by Crippen LogP contribution is 2.28. The zero-order chi connectivity index (χ0) is 15.1. The van der Waals surface area contributed by atoms with Crippen LogP contribution < -0.4 is 10.2 Å². The number of anilines is 2. The molecule has 1 heterocycles. The molecule has 1 N–H and O–H groups in total. The number of hydrogen-bond donors (Lipinski definition) is 1. The lowest BCUT2D eigenvalue weighted by Crippen LogP contribution is -2.28. The Bertz CT molecular complexity index is 427. The van der Waals surface area contributed by atoms with Crippen LogP contribution in [0.4, 0.5) is 11.6 Å². The first-order valence-electron chi connectivity index (χ1n) is 8.55. The van der Waals surface area contributed by atoms with Gasteiger partial charge < -0.3 is 10.2 Å². The van der Waals surface area contributed by atoms with E-state index in [1.807, 2.05) is 0 Å². The molecule has 0 radical (unpaired) electrons. The summed E-state index contributed by atoms with van der Waals surface area (Å²) in [5.74, 6) is 2.96. The maximum absolute atomic E-state index is 4.58. The Hall–Kier alpha value is -1.32. The van der Waals surface area contributed by atoms with Gasteiger partial charge >= 0.3 is 0 Å². The molecule has 0 atom stereocenters. The van der Waals surface area contributed by atoms with E-state index in [2.05, 4.69) is 41.1 Å². The van der Waals surface area contributed by atoms with Crippen molar-refractivity contribution in [3.8, 4) is 0 Å². The smallest absolute Gasteiger partial charge is 0.137 e. The van der Waals surface area contributed by atoms with Crippen LogP contribution in [0.2, 0.25) is 0 Å². The Morgan fingerprint density at radius 1 is 1.19 bits per heavy atom. The second-order valence-corrected chi connectivity index (χ2v) is 6.19. The van der Waals surface area contributed by atoms with Gasteiger partial charge in [0.15, 0.2) is 0 Å². The molecule has 0 bridgehead atoms. The number of aromatic nitrogens is 2. The van der Waals surface area contributed by atoms with E-state index < -0.39 is 0 Å². The van der Waals surface area contributed by atoms with Gasteiger partial charge in [0.2, 0.25) is 0 Å². The molecule has 4 nitrogen and oxygen atoms in total. The number of rotatable bonds is 7.